The third kappa shape index (κ3) is 4.48. The zero-order valence-corrected chi connectivity index (χ0v) is 15.3. The van der Waals surface area contributed by atoms with Crippen LogP contribution in [0.4, 0.5) is 14.5 Å². The number of benzene rings is 1. The average molecular weight is 430 g/mol. The van der Waals surface area contributed by atoms with Gasteiger partial charge in [0.1, 0.15) is 11.4 Å². The topological polar surface area (TPSA) is 65.1 Å². The molecule has 138 valence electrons. The normalized spacial score (nSPS) is 13.7. The summed E-state index contributed by atoms with van der Waals surface area (Å²) >= 11 is 3.21. The Morgan fingerprint density at radius 3 is 2.38 bits per heavy atom. The van der Waals surface area contributed by atoms with Crippen LogP contribution < -0.4 is 9.64 Å². The number of alkyl halides is 2. The van der Waals surface area contributed by atoms with E-state index >= 15 is 0 Å². The molecular weight excluding hydrogens is 416 g/mol. The maximum Gasteiger partial charge on any atom is 0.387 e. The standard InChI is InChI=1S/C17H14BrF2NO5/c1-24-15(22)13-5-3-4-6-21(14(13)16(23)25-2)11-7-10(18)8-12(9-11)26-17(19)20/h3-9,17H,1-2H3. The molecule has 0 saturated carbocycles. The quantitative estimate of drug-likeness (QED) is 0.667. The number of esters is 2. The van der Waals surface area contributed by atoms with Gasteiger partial charge in [-0.3, -0.25) is 0 Å². The molecule has 0 saturated heterocycles. The highest BCUT2D eigenvalue weighted by Gasteiger charge is 2.28. The van der Waals surface area contributed by atoms with E-state index in [0.29, 0.717) is 4.47 Å². The Morgan fingerprint density at radius 2 is 1.77 bits per heavy atom. The molecule has 0 N–H and O–H groups in total. The second kappa shape index (κ2) is 8.61. The van der Waals surface area contributed by atoms with Crippen molar-refractivity contribution in [1.82, 2.24) is 0 Å². The van der Waals surface area contributed by atoms with E-state index < -0.39 is 18.6 Å². The number of allylic oxidation sites excluding steroid dienone is 2. The molecule has 1 aliphatic rings. The molecule has 0 bridgehead atoms. The number of methoxy groups -OCH3 is 2. The van der Waals surface area contributed by atoms with E-state index in [-0.39, 0.29) is 22.7 Å². The first-order valence-corrected chi connectivity index (χ1v) is 7.97. The minimum atomic E-state index is -3.01. The highest BCUT2D eigenvalue weighted by molar-refractivity contribution is 9.10. The summed E-state index contributed by atoms with van der Waals surface area (Å²) in [5.74, 6) is -1.69. The average Bonchev–Trinajstić information content (AvgIpc) is 2.82. The van der Waals surface area contributed by atoms with Gasteiger partial charge in [0.25, 0.3) is 0 Å². The summed E-state index contributed by atoms with van der Waals surface area (Å²) in [6.45, 7) is -3.01. The van der Waals surface area contributed by atoms with Gasteiger partial charge in [-0.05, 0) is 24.3 Å². The van der Waals surface area contributed by atoms with E-state index in [1.165, 1.54) is 42.5 Å². The smallest absolute Gasteiger partial charge is 0.387 e. The SMILES string of the molecule is COC(=O)C1=C(C(=O)OC)N(c2cc(Br)cc(OC(F)F)c2)C=CC=C1. The van der Waals surface area contributed by atoms with Gasteiger partial charge in [-0.1, -0.05) is 22.0 Å². The molecule has 0 spiro atoms. The number of hydrogen-bond donors (Lipinski definition) is 0. The molecular formula is C17H14BrF2NO5. The molecule has 0 radical (unpaired) electrons. The predicted octanol–water partition coefficient (Wildman–Crippen LogP) is 3.54. The second-order valence-corrected chi connectivity index (χ2v) is 5.76. The largest absolute Gasteiger partial charge is 0.465 e. The minimum absolute atomic E-state index is 0.0550. The lowest BCUT2D eigenvalue weighted by atomic mass is 10.1. The van der Waals surface area contributed by atoms with Gasteiger partial charge >= 0.3 is 18.6 Å². The number of nitrogens with zero attached hydrogens (tertiary/aromatic N) is 1. The first-order chi connectivity index (χ1) is 12.4. The third-order valence-electron chi connectivity index (χ3n) is 3.25. The lowest BCUT2D eigenvalue weighted by Crippen LogP contribution is -2.27. The summed E-state index contributed by atoms with van der Waals surface area (Å²) in [4.78, 5) is 25.7. The van der Waals surface area contributed by atoms with Gasteiger partial charge in [-0.15, -0.1) is 0 Å². The fraction of sp³-hybridized carbons (Fsp3) is 0.176. The first-order valence-electron chi connectivity index (χ1n) is 7.17. The summed E-state index contributed by atoms with van der Waals surface area (Å²) < 4.78 is 39.4. The fourth-order valence-electron chi connectivity index (χ4n) is 2.22. The number of rotatable bonds is 5. The van der Waals surface area contributed by atoms with Crippen LogP contribution in [0.3, 0.4) is 0 Å². The van der Waals surface area contributed by atoms with Crippen LogP contribution in [0.2, 0.25) is 0 Å². The number of anilines is 1. The Kier molecular flexibility index (Phi) is 6.51. The molecule has 2 rings (SSSR count). The van der Waals surface area contributed by atoms with E-state index in [0.717, 1.165) is 7.11 Å². The fourth-order valence-corrected chi connectivity index (χ4v) is 2.68. The number of carbonyl (C=O) groups excluding carboxylic acids is 2. The van der Waals surface area contributed by atoms with E-state index in [2.05, 4.69) is 20.7 Å². The van der Waals surface area contributed by atoms with Crippen molar-refractivity contribution < 1.29 is 32.6 Å². The lowest BCUT2D eigenvalue weighted by molar-refractivity contribution is -0.139. The third-order valence-corrected chi connectivity index (χ3v) is 3.71. The second-order valence-electron chi connectivity index (χ2n) is 4.84. The maximum absolute atomic E-state index is 12.5. The van der Waals surface area contributed by atoms with Gasteiger partial charge in [0.2, 0.25) is 0 Å². The highest BCUT2D eigenvalue weighted by atomic mass is 79.9. The molecule has 0 fully saturated rings. The van der Waals surface area contributed by atoms with Crippen LogP contribution >= 0.6 is 15.9 Å². The van der Waals surface area contributed by atoms with Crippen LogP contribution in [0.15, 0.2) is 58.4 Å². The summed E-state index contributed by atoms with van der Waals surface area (Å²) in [5, 5.41) is 0. The molecule has 0 atom stereocenters. The van der Waals surface area contributed by atoms with Crippen molar-refractivity contribution in [2.45, 2.75) is 6.61 Å². The molecule has 0 unspecified atom stereocenters. The summed E-state index contributed by atoms with van der Waals surface area (Å²) in [5.41, 5.74) is 0.0999. The van der Waals surface area contributed by atoms with Crippen LogP contribution in [0, 0.1) is 0 Å². The van der Waals surface area contributed by atoms with Crippen molar-refractivity contribution in [1.29, 1.82) is 0 Å². The van der Waals surface area contributed by atoms with Crippen LogP contribution in [0.1, 0.15) is 0 Å². The first kappa shape index (κ1) is 19.6. The molecule has 6 nitrogen and oxygen atoms in total. The van der Waals surface area contributed by atoms with Gasteiger partial charge < -0.3 is 19.1 Å². The summed E-state index contributed by atoms with van der Waals surface area (Å²) in [6, 6.07) is 4.20. The van der Waals surface area contributed by atoms with Gasteiger partial charge in [-0.25, -0.2) is 9.59 Å². The molecule has 0 aromatic heterocycles. The lowest BCUT2D eigenvalue weighted by Gasteiger charge is -2.23. The number of ether oxygens (including phenoxy) is 3. The predicted molar refractivity (Wildman–Crippen MR) is 92.6 cm³/mol. The number of carbonyl (C=O) groups is 2. The maximum atomic E-state index is 12.5. The zero-order valence-electron chi connectivity index (χ0n) is 13.7. The Bertz CT molecular complexity index is 804. The molecule has 1 aliphatic heterocycles. The Morgan fingerprint density at radius 1 is 1.08 bits per heavy atom. The number of hydrogen-bond acceptors (Lipinski definition) is 6. The molecule has 26 heavy (non-hydrogen) atoms. The van der Waals surface area contributed by atoms with Crippen molar-refractivity contribution in [2.24, 2.45) is 0 Å². The van der Waals surface area contributed by atoms with Gasteiger partial charge in [-0.2, -0.15) is 8.78 Å². The van der Waals surface area contributed by atoms with Crippen LogP contribution in [0.25, 0.3) is 0 Å². The van der Waals surface area contributed by atoms with E-state index in [9.17, 15) is 18.4 Å². The van der Waals surface area contributed by atoms with Crippen molar-refractivity contribution in [3.05, 3.63) is 58.4 Å². The number of halogens is 3. The highest BCUT2D eigenvalue weighted by Crippen LogP contribution is 2.32. The van der Waals surface area contributed by atoms with Crippen molar-refractivity contribution in [3.63, 3.8) is 0 Å². The molecule has 1 aromatic carbocycles. The van der Waals surface area contributed by atoms with E-state index in [1.807, 2.05) is 0 Å². The Balaban J connectivity index is 2.63. The summed E-state index contributed by atoms with van der Waals surface area (Å²) in [7, 11) is 2.33. The van der Waals surface area contributed by atoms with Gasteiger partial charge in [0.15, 0.2) is 0 Å². The zero-order chi connectivity index (χ0) is 19.3. The van der Waals surface area contributed by atoms with Crippen molar-refractivity contribution >= 4 is 33.6 Å². The van der Waals surface area contributed by atoms with Crippen molar-refractivity contribution in [2.75, 3.05) is 19.1 Å². The summed E-state index contributed by atoms with van der Waals surface area (Å²) in [6.07, 6.45) is 5.97. The minimum Gasteiger partial charge on any atom is -0.465 e. The monoisotopic (exact) mass is 429 g/mol. The van der Waals surface area contributed by atoms with Crippen LogP contribution in [-0.2, 0) is 19.1 Å². The molecule has 1 aromatic rings. The van der Waals surface area contributed by atoms with Crippen LogP contribution in [0.5, 0.6) is 5.75 Å². The Hall–Kier alpha value is -2.68. The van der Waals surface area contributed by atoms with Crippen LogP contribution in [-0.4, -0.2) is 32.8 Å². The van der Waals surface area contributed by atoms with E-state index in [1.54, 1.807) is 12.1 Å². The molecule has 0 amide bonds. The Labute approximate surface area is 156 Å². The molecule has 1 heterocycles. The van der Waals surface area contributed by atoms with Gasteiger partial charge in [0, 0.05) is 16.7 Å². The molecule has 0 aliphatic carbocycles. The molecule has 9 heteroatoms. The van der Waals surface area contributed by atoms with Crippen molar-refractivity contribution in [3.8, 4) is 5.75 Å². The van der Waals surface area contributed by atoms with E-state index in [4.69, 9.17) is 9.47 Å². The van der Waals surface area contributed by atoms with Gasteiger partial charge in [0.05, 0.1) is 25.5 Å².